The van der Waals surface area contributed by atoms with Crippen molar-refractivity contribution in [3.63, 3.8) is 0 Å². The molecule has 2 saturated heterocycles. The number of piperidine rings is 1. The molecule has 1 spiro atoms. The van der Waals surface area contributed by atoms with Crippen LogP contribution >= 0.6 is 0 Å². The van der Waals surface area contributed by atoms with Crippen LogP contribution in [-0.2, 0) is 22.0 Å². The van der Waals surface area contributed by atoms with E-state index >= 15 is 0 Å². The summed E-state index contributed by atoms with van der Waals surface area (Å²) in [5.41, 5.74) is 7.76. The minimum atomic E-state index is -2.20. The maximum atomic E-state index is 13.6. The molecule has 6 aliphatic rings. The van der Waals surface area contributed by atoms with Crippen LogP contribution < -0.4 is 15.4 Å². The molecule has 0 radical (unpaired) electrons. The predicted octanol–water partition coefficient (Wildman–Crippen LogP) is 3.58. The monoisotopic (exact) mass is 709 g/mol. The zero-order chi connectivity index (χ0) is 36.6. The number of methoxy groups -OCH3 is 1. The summed E-state index contributed by atoms with van der Waals surface area (Å²) in [4.78, 5) is 24.5. The van der Waals surface area contributed by atoms with E-state index in [-0.39, 0.29) is 12.0 Å². The SMILES string of the molecule is CC[C@]1(O)C[C@H]2CN(CCc3c([nH]c4ccccc34)[C@@](C)(c3cc4c(cc3OC)N(C)[C@H]3[C@@](O)(C(N)=O)[C@H](O)[C@]5(CC)C=CCN6CC[C@]43[C@@H]65)C2)C1. The molecule has 1 unspecified atom stereocenters. The maximum absolute atomic E-state index is 13.6. The molecule has 10 nitrogen and oxygen atoms in total. The van der Waals surface area contributed by atoms with Crippen LogP contribution in [0.2, 0.25) is 0 Å². The number of aromatic amines is 1. The van der Waals surface area contributed by atoms with Crippen LogP contribution in [0.5, 0.6) is 5.75 Å². The molecule has 6 heterocycles. The number of likely N-dealkylation sites (N-methyl/N-ethyl adjacent to an activating group) is 1. The fraction of sp³-hybridized carbons (Fsp3) is 0.595. The fourth-order valence-electron chi connectivity index (χ4n) is 12.9. The molecule has 10 heteroatoms. The quantitative estimate of drug-likeness (QED) is 0.254. The number of carbonyl (C=O) groups excluding carboxylic acids is 1. The highest BCUT2D eigenvalue weighted by Crippen LogP contribution is 2.67. The number of rotatable bonds is 5. The van der Waals surface area contributed by atoms with Gasteiger partial charge in [0.15, 0.2) is 5.60 Å². The van der Waals surface area contributed by atoms with Crippen LogP contribution in [0.25, 0.3) is 10.9 Å². The number of nitrogens with zero attached hydrogens (tertiary/aromatic N) is 3. The number of aliphatic hydroxyl groups excluding tert-OH is 1. The Kier molecular flexibility index (Phi) is 7.47. The Labute approximate surface area is 306 Å². The first-order chi connectivity index (χ1) is 24.8. The Morgan fingerprint density at radius 3 is 2.60 bits per heavy atom. The Balaban J connectivity index is 1.31. The van der Waals surface area contributed by atoms with Gasteiger partial charge in [0.05, 0.1) is 18.8 Å². The third kappa shape index (κ3) is 4.16. The Bertz CT molecular complexity index is 2000. The number of nitrogens with two attached hydrogens (primary N) is 1. The van der Waals surface area contributed by atoms with E-state index in [0.29, 0.717) is 25.8 Å². The first-order valence-electron chi connectivity index (χ1n) is 19.4. The van der Waals surface area contributed by atoms with Gasteiger partial charge in [0.2, 0.25) is 0 Å². The number of ether oxygens (including phenoxy) is 1. The van der Waals surface area contributed by atoms with Gasteiger partial charge < -0.3 is 35.7 Å². The summed E-state index contributed by atoms with van der Waals surface area (Å²) in [7, 11) is 3.65. The van der Waals surface area contributed by atoms with E-state index in [1.54, 1.807) is 7.11 Å². The zero-order valence-electron chi connectivity index (χ0n) is 31.3. The van der Waals surface area contributed by atoms with Crippen molar-refractivity contribution in [2.24, 2.45) is 17.1 Å². The number of primary amides is 1. The van der Waals surface area contributed by atoms with Gasteiger partial charge in [0.1, 0.15) is 11.9 Å². The normalized spacial score (nSPS) is 40.7. The standard InChI is InChI=1S/C42H55N5O5/c1-6-39(50)22-25-21-38(3,33-27(13-17-46(23-25)24-39)26-11-8-9-12-30(26)44-33)29-19-28-31(20-32(29)52-5)45(4)35-41(28)15-18-47-16-10-14-40(7-2,34(41)47)36(48)42(35,51)37(43)49/h8-12,14,19-20,25,34-36,44,48,50-51H,6-7,13,15-18,21-24H2,1-5H3,(H2,43,49)/t25-,34-,35+,36+,38+,39-,40+,41+,42-/m0/s1. The molecule has 1 aliphatic carbocycles. The minimum absolute atomic E-state index is 0.150. The van der Waals surface area contributed by atoms with E-state index in [0.717, 1.165) is 73.5 Å². The minimum Gasteiger partial charge on any atom is -0.496 e. The van der Waals surface area contributed by atoms with E-state index in [2.05, 4.69) is 77.2 Å². The smallest absolute Gasteiger partial charge is 0.254 e. The predicted molar refractivity (Wildman–Crippen MR) is 202 cm³/mol. The third-order valence-corrected chi connectivity index (χ3v) is 15.1. The summed E-state index contributed by atoms with van der Waals surface area (Å²) < 4.78 is 6.37. The summed E-state index contributed by atoms with van der Waals surface area (Å²) in [6.07, 6.45) is 7.14. The summed E-state index contributed by atoms with van der Waals surface area (Å²) in [6, 6.07) is 12.1. The first-order valence-corrected chi connectivity index (χ1v) is 19.4. The number of para-hydroxylation sites is 1. The molecule has 3 aromatic rings. The second-order valence-electron chi connectivity index (χ2n) is 17.4. The van der Waals surface area contributed by atoms with Crippen molar-refractivity contribution < 1.29 is 24.9 Å². The Hall–Kier alpha value is -3.41. The van der Waals surface area contributed by atoms with Gasteiger partial charge in [-0.3, -0.25) is 14.6 Å². The van der Waals surface area contributed by atoms with Crippen LogP contribution in [0.3, 0.4) is 0 Å². The number of nitrogens with one attached hydrogen (secondary N) is 1. The first kappa shape index (κ1) is 34.4. The van der Waals surface area contributed by atoms with Gasteiger partial charge in [0, 0.05) is 89.4 Å². The molecular weight excluding hydrogens is 654 g/mol. The maximum Gasteiger partial charge on any atom is 0.254 e. The Morgan fingerprint density at radius 2 is 1.87 bits per heavy atom. The lowest BCUT2D eigenvalue weighted by atomic mass is 9.47. The van der Waals surface area contributed by atoms with Gasteiger partial charge in [-0.25, -0.2) is 0 Å². The molecule has 5 aliphatic heterocycles. The number of hydrogen-bond acceptors (Lipinski definition) is 8. The number of benzene rings is 2. The van der Waals surface area contributed by atoms with Gasteiger partial charge in [0.25, 0.3) is 5.91 Å². The van der Waals surface area contributed by atoms with Crippen LogP contribution in [0.4, 0.5) is 5.69 Å². The number of aliphatic hydroxyl groups is 3. The topological polar surface area (TPSA) is 139 Å². The van der Waals surface area contributed by atoms with Gasteiger partial charge in [-0.05, 0) is 81.2 Å². The van der Waals surface area contributed by atoms with E-state index < -0.39 is 45.5 Å². The molecule has 2 aromatic carbocycles. The fourth-order valence-corrected chi connectivity index (χ4v) is 12.9. The molecule has 1 amide bonds. The summed E-state index contributed by atoms with van der Waals surface area (Å²) in [5.74, 6) is 0.0837. The Morgan fingerprint density at radius 1 is 1.08 bits per heavy atom. The van der Waals surface area contributed by atoms with Crippen molar-refractivity contribution in [3.8, 4) is 5.75 Å². The summed E-state index contributed by atoms with van der Waals surface area (Å²) in [5, 5.41) is 38.0. The van der Waals surface area contributed by atoms with Gasteiger partial charge in [-0.1, -0.05) is 44.2 Å². The van der Waals surface area contributed by atoms with Crippen molar-refractivity contribution in [3.05, 3.63) is 70.9 Å². The number of fused-ring (bicyclic) bond motifs is 6. The lowest BCUT2D eigenvalue weighted by molar-refractivity contribution is -0.201. The molecule has 3 fully saturated rings. The lowest BCUT2D eigenvalue weighted by Gasteiger charge is -2.63. The highest BCUT2D eigenvalue weighted by atomic mass is 16.5. The molecule has 10 atom stereocenters. The van der Waals surface area contributed by atoms with E-state index in [9.17, 15) is 20.1 Å². The van der Waals surface area contributed by atoms with Gasteiger partial charge >= 0.3 is 0 Å². The van der Waals surface area contributed by atoms with Crippen LogP contribution in [-0.4, -0.2) is 112 Å². The lowest BCUT2D eigenvalue weighted by Crippen LogP contribution is -2.81. The van der Waals surface area contributed by atoms with Crippen molar-refractivity contribution in [1.29, 1.82) is 0 Å². The molecule has 1 aromatic heterocycles. The van der Waals surface area contributed by atoms with E-state index in [1.807, 2.05) is 18.9 Å². The van der Waals surface area contributed by atoms with Crippen molar-refractivity contribution in [1.82, 2.24) is 14.8 Å². The zero-order valence-corrected chi connectivity index (χ0v) is 31.3. The van der Waals surface area contributed by atoms with Gasteiger partial charge in [-0.2, -0.15) is 0 Å². The molecule has 52 heavy (non-hydrogen) atoms. The van der Waals surface area contributed by atoms with E-state index in [1.165, 1.54) is 16.6 Å². The molecule has 6 N–H and O–H groups in total. The third-order valence-electron chi connectivity index (χ3n) is 15.1. The second-order valence-corrected chi connectivity index (χ2v) is 17.4. The number of hydrogen-bond donors (Lipinski definition) is 5. The van der Waals surface area contributed by atoms with Crippen LogP contribution in [0.1, 0.15) is 75.3 Å². The van der Waals surface area contributed by atoms with Crippen LogP contribution in [0.15, 0.2) is 48.6 Å². The van der Waals surface area contributed by atoms with Crippen LogP contribution in [0, 0.1) is 11.3 Å². The number of amides is 1. The average Bonchev–Trinajstić information content (AvgIpc) is 3.79. The highest BCUT2D eigenvalue weighted by molar-refractivity contribution is 5.89. The molecule has 2 bridgehead atoms. The van der Waals surface area contributed by atoms with Crippen molar-refractivity contribution in [2.45, 2.75) is 99.5 Å². The number of anilines is 1. The van der Waals surface area contributed by atoms with Crippen molar-refractivity contribution in [2.75, 3.05) is 51.8 Å². The molecule has 9 rings (SSSR count). The molecular formula is C42H55N5O5. The second kappa shape index (κ2) is 11.3. The van der Waals surface area contributed by atoms with Gasteiger partial charge in [-0.15, -0.1) is 0 Å². The van der Waals surface area contributed by atoms with Crippen molar-refractivity contribution >= 4 is 22.5 Å². The average molecular weight is 710 g/mol. The number of H-pyrrole nitrogens is 1. The highest BCUT2D eigenvalue weighted by Gasteiger charge is 2.78. The number of aromatic nitrogens is 1. The molecule has 1 saturated carbocycles. The summed E-state index contributed by atoms with van der Waals surface area (Å²) in [6.45, 7) is 10.5. The largest absolute Gasteiger partial charge is 0.496 e. The summed E-state index contributed by atoms with van der Waals surface area (Å²) >= 11 is 0. The molecule has 278 valence electrons. The number of carbonyl (C=O) groups is 1. The van der Waals surface area contributed by atoms with E-state index in [4.69, 9.17) is 10.5 Å².